The van der Waals surface area contributed by atoms with E-state index in [4.69, 9.17) is 9.52 Å². The third-order valence-electron chi connectivity index (χ3n) is 2.36. The third kappa shape index (κ3) is 4.65. The van der Waals surface area contributed by atoms with Gasteiger partial charge in [0.2, 0.25) is 0 Å². The monoisotopic (exact) mass is 279 g/mol. The summed E-state index contributed by atoms with van der Waals surface area (Å²) in [5.74, 6) is -1.97. The summed E-state index contributed by atoms with van der Waals surface area (Å²) in [4.78, 5) is 23.2. The van der Waals surface area contributed by atoms with Crippen LogP contribution in [0.3, 0.4) is 0 Å². The molecular formula is C11H12F3NO4. The van der Waals surface area contributed by atoms with Crippen molar-refractivity contribution in [3.8, 4) is 0 Å². The zero-order valence-electron chi connectivity index (χ0n) is 10.0. The van der Waals surface area contributed by atoms with Crippen molar-refractivity contribution in [1.82, 2.24) is 4.90 Å². The summed E-state index contributed by atoms with van der Waals surface area (Å²) in [6, 6.07) is 1.24. The predicted molar refractivity (Wildman–Crippen MR) is 57.7 cm³/mol. The second kappa shape index (κ2) is 5.77. The number of carboxylic acids is 1. The van der Waals surface area contributed by atoms with E-state index < -0.39 is 37.4 Å². The third-order valence-corrected chi connectivity index (χ3v) is 2.36. The molecule has 0 aliphatic rings. The first-order chi connectivity index (χ1) is 8.70. The van der Waals surface area contributed by atoms with Crippen LogP contribution in [0, 0.1) is 0 Å². The van der Waals surface area contributed by atoms with Crippen LogP contribution >= 0.6 is 0 Å². The molecule has 0 atom stereocenters. The highest BCUT2D eigenvalue weighted by Crippen LogP contribution is 2.20. The van der Waals surface area contributed by atoms with Gasteiger partial charge >= 0.3 is 12.1 Å². The maximum atomic E-state index is 12.0. The summed E-state index contributed by atoms with van der Waals surface area (Å²) in [7, 11) is 1.21. The Morgan fingerprint density at radius 2 is 2.05 bits per heavy atom. The van der Waals surface area contributed by atoms with Gasteiger partial charge in [-0.1, -0.05) is 0 Å². The molecule has 0 saturated carbocycles. The van der Waals surface area contributed by atoms with Gasteiger partial charge in [-0.3, -0.25) is 9.59 Å². The highest BCUT2D eigenvalue weighted by atomic mass is 19.4. The van der Waals surface area contributed by atoms with Crippen molar-refractivity contribution in [2.45, 2.75) is 19.0 Å². The number of carbonyl (C=O) groups is 2. The Hall–Kier alpha value is -1.99. The van der Waals surface area contributed by atoms with Gasteiger partial charge < -0.3 is 14.4 Å². The second-order valence-corrected chi connectivity index (χ2v) is 3.92. The van der Waals surface area contributed by atoms with Crippen molar-refractivity contribution >= 4 is 11.9 Å². The fourth-order valence-corrected chi connectivity index (χ4v) is 1.41. The maximum Gasteiger partial charge on any atom is 0.390 e. The number of rotatable bonds is 5. The van der Waals surface area contributed by atoms with E-state index in [2.05, 4.69) is 0 Å². The van der Waals surface area contributed by atoms with Crippen molar-refractivity contribution in [2.24, 2.45) is 0 Å². The minimum Gasteiger partial charge on any atom is -0.481 e. The smallest absolute Gasteiger partial charge is 0.390 e. The molecule has 0 unspecified atom stereocenters. The zero-order chi connectivity index (χ0) is 14.6. The normalized spacial score (nSPS) is 11.4. The number of halogens is 3. The van der Waals surface area contributed by atoms with Gasteiger partial charge in [0.15, 0.2) is 0 Å². The molecule has 106 valence electrons. The number of carboxylic acid groups (broad SMARTS) is 1. The molecule has 1 amide bonds. The zero-order valence-corrected chi connectivity index (χ0v) is 10.0. The summed E-state index contributed by atoms with van der Waals surface area (Å²) in [6.45, 7) is -0.500. The number of amides is 1. The molecule has 0 bridgehead atoms. The molecule has 8 heteroatoms. The molecule has 0 aliphatic carbocycles. The van der Waals surface area contributed by atoms with Gasteiger partial charge in [0.05, 0.1) is 18.2 Å². The molecule has 0 aromatic carbocycles. The van der Waals surface area contributed by atoms with Gasteiger partial charge in [0.25, 0.3) is 5.91 Å². The van der Waals surface area contributed by atoms with E-state index in [0.29, 0.717) is 0 Å². The van der Waals surface area contributed by atoms with Crippen LogP contribution in [0.5, 0.6) is 0 Å². The molecule has 0 fully saturated rings. The van der Waals surface area contributed by atoms with Crippen molar-refractivity contribution in [2.75, 3.05) is 13.6 Å². The molecule has 19 heavy (non-hydrogen) atoms. The Morgan fingerprint density at radius 1 is 1.42 bits per heavy atom. The predicted octanol–water partition coefficient (Wildman–Crippen LogP) is 1.93. The molecule has 0 spiro atoms. The Balaban J connectivity index is 2.72. The lowest BCUT2D eigenvalue weighted by Gasteiger charge is -2.17. The first kappa shape index (κ1) is 15.1. The summed E-state index contributed by atoms with van der Waals surface area (Å²) in [6.07, 6.45) is -4.85. The van der Waals surface area contributed by atoms with Crippen LogP contribution in [0.25, 0.3) is 0 Å². The lowest BCUT2D eigenvalue weighted by atomic mass is 10.2. The fourth-order valence-electron chi connectivity index (χ4n) is 1.41. The van der Waals surface area contributed by atoms with Crippen molar-refractivity contribution in [1.29, 1.82) is 0 Å². The average Bonchev–Trinajstić information content (AvgIpc) is 2.71. The molecule has 0 saturated heterocycles. The van der Waals surface area contributed by atoms with E-state index in [0.717, 1.165) is 11.2 Å². The number of hydrogen-bond donors (Lipinski definition) is 1. The van der Waals surface area contributed by atoms with Gasteiger partial charge in [-0.05, 0) is 6.07 Å². The first-order valence-electron chi connectivity index (χ1n) is 5.31. The molecule has 0 aliphatic heterocycles. The standard InChI is InChI=1S/C11H12F3NO4/c1-15(4-3-11(12,13)14)10(18)7-2-5-19-8(7)6-9(16)17/h2,5H,3-4,6H2,1H3,(H,16,17). The molecule has 1 rings (SSSR count). The Kier molecular flexibility index (Phi) is 4.57. The summed E-state index contributed by atoms with van der Waals surface area (Å²) in [5.41, 5.74) is -0.0351. The number of aliphatic carboxylic acids is 1. The number of carbonyl (C=O) groups excluding carboxylic acids is 1. The second-order valence-electron chi connectivity index (χ2n) is 3.92. The first-order valence-corrected chi connectivity index (χ1v) is 5.31. The highest BCUT2D eigenvalue weighted by molar-refractivity contribution is 5.95. The van der Waals surface area contributed by atoms with Crippen LogP contribution < -0.4 is 0 Å². The largest absolute Gasteiger partial charge is 0.481 e. The Bertz CT molecular complexity index is 467. The maximum absolute atomic E-state index is 12.0. The molecule has 1 heterocycles. The van der Waals surface area contributed by atoms with Crippen molar-refractivity contribution < 1.29 is 32.3 Å². The summed E-state index contributed by atoms with van der Waals surface area (Å²) < 4.78 is 41.0. The lowest BCUT2D eigenvalue weighted by Crippen LogP contribution is -2.31. The van der Waals surface area contributed by atoms with Gasteiger partial charge in [0, 0.05) is 13.6 Å². The molecule has 5 nitrogen and oxygen atoms in total. The number of alkyl halides is 3. The Labute approximate surface area is 106 Å². The van der Waals surface area contributed by atoms with Crippen molar-refractivity contribution in [3.05, 3.63) is 23.7 Å². The Morgan fingerprint density at radius 3 is 2.58 bits per heavy atom. The van der Waals surface area contributed by atoms with E-state index >= 15 is 0 Å². The van der Waals surface area contributed by atoms with Crippen molar-refractivity contribution in [3.63, 3.8) is 0 Å². The molecular weight excluding hydrogens is 267 g/mol. The van der Waals surface area contributed by atoms with Crippen LogP contribution in [0.4, 0.5) is 13.2 Å². The van der Waals surface area contributed by atoms with E-state index in [1.807, 2.05) is 0 Å². The van der Waals surface area contributed by atoms with Crippen LogP contribution in [-0.2, 0) is 11.2 Å². The average molecular weight is 279 g/mol. The van der Waals surface area contributed by atoms with E-state index in [9.17, 15) is 22.8 Å². The van der Waals surface area contributed by atoms with Crippen LogP contribution in [0.2, 0.25) is 0 Å². The van der Waals surface area contributed by atoms with Gasteiger partial charge in [-0.15, -0.1) is 0 Å². The minimum atomic E-state index is -4.35. The molecule has 1 aromatic rings. The van der Waals surface area contributed by atoms with Crippen LogP contribution in [-0.4, -0.2) is 41.7 Å². The van der Waals surface area contributed by atoms with Crippen LogP contribution in [0.15, 0.2) is 16.7 Å². The number of hydrogen-bond acceptors (Lipinski definition) is 3. The quantitative estimate of drug-likeness (QED) is 0.894. The number of furan rings is 1. The van der Waals surface area contributed by atoms with Gasteiger partial charge in [0.1, 0.15) is 12.2 Å². The van der Waals surface area contributed by atoms with Crippen LogP contribution in [0.1, 0.15) is 22.5 Å². The molecule has 0 radical (unpaired) electrons. The highest BCUT2D eigenvalue weighted by Gasteiger charge is 2.29. The molecule has 1 aromatic heterocycles. The van der Waals surface area contributed by atoms with Gasteiger partial charge in [-0.2, -0.15) is 13.2 Å². The summed E-state index contributed by atoms with van der Waals surface area (Å²) in [5, 5.41) is 8.61. The SMILES string of the molecule is CN(CCC(F)(F)F)C(=O)c1ccoc1CC(=O)O. The van der Waals surface area contributed by atoms with E-state index in [1.54, 1.807) is 0 Å². The lowest BCUT2D eigenvalue weighted by molar-refractivity contribution is -0.137. The molecule has 1 N–H and O–H groups in total. The van der Waals surface area contributed by atoms with E-state index in [1.165, 1.54) is 13.1 Å². The minimum absolute atomic E-state index is 0.0351. The topological polar surface area (TPSA) is 70.8 Å². The van der Waals surface area contributed by atoms with E-state index in [-0.39, 0.29) is 11.3 Å². The van der Waals surface area contributed by atoms with Gasteiger partial charge in [-0.25, -0.2) is 0 Å². The number of nitrogens with zero attached hydrogens (tertiary/aromatic N) is 1. The fraction of sp³-hybridized carbons (Fsp3) is 0.455. The summed E-state index contributed by atoms with van der Waals surface area (Å²) >= 11 is 0.